The molecule has 0 amide bonds. The summed E-state index contributed by atoms with van der Waals surface area (Å²) in [5, 5.41) is 0. The highest BCUT2D eigenvalue weighted by Gasteiger charge is 2.66. The second-order valence-corrected chi connectivity index (χ2v) is 6.86. The molecule has 1 N–H and O–H groups in total. The van der Waals surface area contributed by atoms with Crippen LogP contribution in [0.25, 0.3) is 11.0 Å². The molecule has 3 nitrogen and oxygen atoms in total. The fourth-order valence-electron chi connectivity index (χ4n) is 4.48. The lowest BCUT2D eigenvalue weighted by atomic mass is 9.68. The van der Waals surface area contributed by atoms with Crippen molar-refractivity contribution in [1.29, 1.82) is 0 Å². The van der Waals surface area contributed by atoms with Crippen molar-refractivity contribution in [3.05, 3.63) is 29.6 Å². The molecule has 0 saturated heterocycles. The molecule has 2 bridgehead atoms. The van der Waals surface area contributed by atoms with Gasteiger partial charge >= 0.3 is 0 Å². The van der Waals surface area contributed by atoms with Crippen LogP contribution >= 0.6 is 0 Å². The molecule has 2 fully saturated rings. The quantitative estimate of drug-likeness (QED) is 0.874. The molecule has 2 unspecified atom stereocenters. The zero-order chi connectivity index (χ0) is 15.0. The van der Waals surface area contributed by atoms with Gasteiger partial charge in [-0.15, -0.1) is 0 Å². The maximum absolute atomic E-state index is 13.9. The fraction of sp³-hybridized carbons (Fsp3) is 0.500. The molecule has 0 radical (unpaired) electrons. The average Bonchev–Trinajstić information content (AvgIpc) is 2.97. The summed E-state index contributed by atoms with van der Waals surface area (Å²) in [6.45, 7) is 4.17. The van der Waals surface area contributed by atoms with Gasteiger partial charge in [0.05, 0.1) is 10.9 Å². The molecular formula is C16H16F2N2O. The van der Waals surface area contributed by atoms with E-state index in [1.165, 1.54) is 6.07 Å². The molecule has 2 saturated carbocycles. The minimum atomic E-state index is -0.693. The van der Waals surface area contributed by atoms with E-state index < -0.39 is 17.0 Å². The normalized spacial score (nSPS) is 30.5. The molecule has 21 heavy (non-hydrogen) atoms. The Morgan fingerprint density at radius 2 is 2.10 bits per heavy atom. The zero-order valence-corrected chi connectivity index (χ0v) is 12.0. The highest BCUT2D eigenvalue weighted by Crippen LogP contribution is 2.64. The molecule has 2 aromatic rings. The fourth-order valence-corrected chi connectivity index (χ4v) is 4.48. The van der Waals surface area contributed by atoms with Gasteiger partial charge in [0.1, 0.15) is 22.9 Å². The van der Waals surface area contributed by atoms with Crippen LogP contribution in [0.5, 0.6) is 0 Å². The number of halogens is 2. The lowest BCUT2D eigenvalue weighted by molar-refractivity contribution is -0.124. The molecule has 2 atom stereocenters. The van der Waals surface area contributed by atoms with Crippen LogP contribution in [-0.4, -0.2) is 15.8 Å². The topological polar surface area (TPSA) is 45.8 Å². The van der Waals surface area contributed by atoms with E-state index in [4.69, 9.17) is 0 Å². The Bertz CT molecular complexity index is 780. The van der Waals surface area contributed by atoms with Crippen LogP contribution in [-0.2, 0) is 10.2 Å². The monoisotopic (exact) mass is 290 g/mol. The van der Waals surface area contributed by atoms with Crippen molar-refractivity contribution in [2.75, 3.05) is 0 Å². The van der Waals surface area contributed by atoms with Crippen molar-refractivity contribution in [3.63, 3.8) is 0 Å². The van der Waals surface area contributed by atoms with Crippen LogP contribution in [0.15, 0.2) is 12.1 Å². The van der Waals surface area contributed by atoms with Gasteiger partial charge in [-0.2, -0.15) is 0 Å². The molecule has 2 aliphatic carbocycles. The minimum Gasteiger partial charge on any atom is -0.341 e. The van der Waals surface area contributed by atoms with Gasteiger partial charge in [0.15, 0.2) is 5.82 Å². The number of benzene rings is 1. The Hall–Kier alpha value is -1.78. The summed E-state index contributed by atoms with van der Waals surface area (Å²) in [6.07, 6.45) is 2.26. The number of nitrogens with one attached hydrogen (secondary N) is 1. The number of nitrogens with zero attached hydrogens (tertiary/aromatic N) is 1. The Labute approximate surface area is 120 Å². The molecule has 1 aromatic heterocycles. The number of aromatic nitrogens is 2. The largest absolute Gasteiger partial charge is 0.341 e. The van der Waals surface area contributed by atoms with Crippen LogP contribution < -0.4 is 0 Å². The van der Waals surface area contributed by atoms with Gasteiger partial charge in [0, 0.05) is 12.5 Å². The van der Waals surface area contributed by atoms with Gasteiger partial charge in [0.25, 0.3) is 0 Å². The Morgan fingerprint density at radius 3 is 2.71 bits per heavy atom. The van der Waals surface area contributed by atoms with Gasteiger partial charge < -0.3 is 4.98 Å². The summed E-state index contributed by atoms with van der Waals surface area (Å²) in [5.41, 5.74) is -0.456. The van der Waals surface area contributed by atoms with Crippen molar-refractivity contribution in [1.82, 2.24) is 9.97 Å². The number of carbonyl (C=O) groups is 1. The molecule has 1 aromatic carbocycles. The third kappa shape index (κ3) is 1.37. The third-order valence-electron chi connectivity index (χ3n) is 5.81. The van der Waals surface area contributed by atoms with E-state index in [1.54, 1.807) is 0 Å². The van der Waals surface area contributed by atoms with Crippen LogP contribution in [0.1, 0.15) is 38.9 Å². The van der Waals surface area contributed by atoms with Crippen LogP contribution in [0.4, 0.5) is 8.78 Å². The van der Waals surface area contributed by atoms with Gasteiger partial charge in [0.2, 0.25) is 0 Å². The van der Waals surface area contributed by atoms with E-state index in [-0.39, 0.29) is 16.7 Å². The molecule has 0 aliphatic heterocycles. The van der Waals surface area contributed by atoms with Crippen LogP contribution in [0.2, 0.25) is 0 Å². The molecule has 0 spiro atoms. The first-order valence-electron chi connectivity index (χ1n) is 7.25. The first-order chi connectivity index (χ1) is 9.86. The summed E-state index contributed by atoms with van der Waals surface area (Å²) in [7, 11) is 0. The third-order valence-corrected chi connectivity index (χ3v) is 5.81. The predicted molar refractivity (Wildman–Crippen MR) is 73.8 cm³/mol. The number of aromatic amines is 1. The maximum Gasteiger partial charge on any atom is 0.153 e. The maximum atomic E-state index is 13.9. The summed E-state index contributed by atoms with van der Waals surface area (Å²) in [4.78, 5) is 19.9. The summed E-state index contributed by atoms with van der Waals surface area (Å²) >= 11 is 0. The SMILES string of the molecule is CC1(C)C2CCC1(c1nc3c(F)cc(F)cc3[nH]1)C(=O)C2. The summed E-state index contributed by atoms with van der Waals surface area (Å²) in [6, 6.07) is 2.05. The Morgan fingerprint density at radius 1 is 1.33 bits per heavy atom. The number of hydrogen-bond acceptors (Lipinski definition) is 2. The Balaban J connectivity index is 1.98. The van der Waals surface area contributed by atoms with E-state index in [9.17, 15) is 13.6 Å². The van der Waals surface area contributed by atoms with E-state index in [0.717, 1.165) is 18.9 Å². The van der Waals surface area contributed by atoms with Gasteiger partial charge in [-0.3, -0.25) is 4.79 Å². The first-order valence-corrected chi connectivity index (χ1v) is 7.25. The number of Topliss-reactive ketones (excluding diaryl/α,β-unsaturated/α-hetero) is 1. The van der Waals surface area contributed by atoms with E-state index >= 15 is 0 Å². The van der Waals surface area contributed by atoms with Crippen LogP contribution in [0, 0.1) is 23.0 Å². The molecule has 2 aliphatic rings. The van der Waals surface area contributed by atoms with E-state index in [2.05, 4.69) is 23.8 Å². The number of hydrogen-bond donors (Lipinski definition) is 1. The molecular weight excluding hydrogens is 274 g/mol. The van der Waals surface area contributed by atoms with E-state index in [0.29, 0.717) is 23.7 Å². The first kappa shape index (κ1) is 12.9. The van der Waals surface area contributed by atoms with Gasteiger partial charge in [-0.1, -0.05) is 13.8 Å². The number of rotatable bonds is 1. The zero-order valence-electron chi connectivity index (χ0n) is 12.0. The molecule has 4 rings (SSSR count). The number of H-pyrrole nitrogens is 1. The lowest BCUT2D eigenvalue weighted by Gasteiger charge is -2.34. The van der Waals surface area contributed by atoms with Crippen molar-refractivity contribution in [2.45, 2.75) is 38.5 Å². The Kier molecular flexibility index (Phi) is 2.28. The van der Waals surface area contributed by atoms with Crippen molar-refractivity contribution >= 4 is 16.8 Å². The second kappa shape index (κ2) is 3.70. The van der Waals surface area contributed by atoms with Gasteiger partial charge in [-0.25, -0.2) is 13.8 Å². The van der Waals surface area contributed by atoms with Crippen molar-refractivity contribution in [2.24, 2.45) is 11.3 Å². The summed E-state index contributed by atoms with van der Waals surface area (Å²) in [5.74, 6) is -0.323. The number of carbonyl (C=O) groups excluding carboxylic acids is 1. The standard InChI is InChI=1S/C16H16F2N2O/c1-15(2)8-3-4-16(15,12(21)5-8)14-19-11-7-9(17)6-10(18)13(11)20-14/h6-8H,3-5H2,1-2H3,(H,19,20). The minimum absolute atomic E-state index is 0.111. The van der Waals surface area contributed by atoms with Crippen molar-refractivity contribution in [3.8, 4) is 0 Å². The number of fused-ring (bicyclic) bond motifs is 3. The number of imidazole rings is 1. The smallest absolute Gasteiger partial charge is 0.153 e. The average molecular weight is 290 g/mol. The molecule has 110 valence electrons. The predicted octanol–water partition coefficient (Wildman–Crippen LogP) is 3.49. The van der Waals surface area contributed by atoms with Gasteiger partial charge in [-0.05, 0) is 30.2 Å². The lowest BCUT2D eigenvalue weighted by Crippen LogP contribution is -2.41. The highest BCUT2D eigenvalue weighted by molar-refractivity contribution is 5.95. The van der Waals surface area contributed by atoms with Crippen molar-refractivity contribution < 1.29 is 13.6 Å². The van der Waals surface area contributed by atoms with E-state index in [1.807, 2.05) is 0 Å². The van der Waals surface area contributed by atoms with Crippen LogP contribution in [0.3, 0.4) is 0 Å². The number of ketones is 1. The molecule has 1 heterocycles. The molecule has 5 heteroatoms. The second-order valence-electron chi connectivity index (χ2n) is 6.86. The highest BCUT2D eigenvalue weighted by atomic mass is 19.1. The summed E-state index contributed by atoms with van der Waals surface area (Å²) < 4.78 is 27.2.